The Kier molecular flexibility index (Phi) is 6.54. The number of benzene rings is 4. The van der Waals surface area contributed by atoms with Gasteiger partial charge in [0.15, 0.2) is 0 Å². The molecule has 8 heteroatoms. The summed E-state index contributed by atoms with van der Waals surface area (Å²) in [5.41, 5.74) is 2.44. The highest BCUT2D eigenvalue weighted by Crippen LogP contribution is 2.27. The lowest BCUT2D eigenvalue weighted by atomic mass is 9.98. The van der Waals surface area contributed by atoms with Crippen molar-refractivity contribution in [3.05, 3.63) is 148 Å². The summed E-state index contributed by atoms with van der Waals surface area (Å²) in [6, 6.07) is 31.9. The van der Waals surface area contributed by atoms with Gasteiger partial charge in [-0.2, -0.15) is 5.10 Å². The van der Waals surface area contributed by atoms with Gasteiger partial charge in [0, 0.05) is 17.7 Å². The van der Waals surface area contributed by atoms with Crippen LogP contribution in [0, 0.1) is 15.9 Å². The van der Waals surface area contributed by atoms with Crippen LogP contribution in [0.4, 0.5) is 10.1 Å². The van der Waals surface area contributed by atoms with Gasteiger partial charge >= 0.3 is 0 Å². The summed E-state index contributed by atoms with van der Waals surface area (Å²) in [6.45, 7) is 0. The first-order valence-corrected chi connectivity index (χ1v) is 11.5. The Hall–Kier alpha value is -5.11. The van der Waals surface area contributed by atoms with Gasteiger partial charge in [-0.05, 0) is 35.4 Å². The predicted molar refractivity (Wildman–Crippen MR) is 138 cm³/mol. The van der Waals surface area contributed by atoms with E-state index in [1.54, 1.807) is 24.3 Å². The maximum absolute atomic E-state index is 14.6. The molecule has 0 saturated heterocycles. The van der Waals surface area contributed by atoms with E-state index in [9.17, 15) is 19.3 Å². The first kappa shape index (κ1) is 23.6. The first-order valence-electron chi connectivity index (χ1n) is 11.5. The van der Waals surface area contributed by atoms with Crippen molar-refractivity contribution in [2.45, 2.75) is 6.04 Å². The average molecular weight is 493 g/mol. The lowest BCUT2D eigenvalue weighted by molar-refractivity contribution is -0.384. The van der Waals surface area contributed by atoms with Crippen molar-refractivity contribution in [1.29, 1.82) is 0 Å². The largest absolute Gasteiger partial charge is 0.340 e. The summed E-state index contributed by atoms with van der Waals surface area (Å²) in [6.07, 6.45) is 0. The highest BCUT2D eigenvalue weighted by atomic mass is 19.1. The Morgan fingerprint density at radius 2 is 1.46 bits per heavy atom. The third kappa shape index (κ3) is 4.99. The maximum atomic E-state index is 14.6. The molecular weight excluding hydrogens is 471 g/mol. The highest BCUT2D eigenvalue weighted by molar-refractivity contribution is 5.95. The van der Waals surface area contributed by atoms with Crippen LogP contribution in [-0.2, 0) is 0 Å². The van der Waals surface area contributed by atoms with Gasteiger partial charge in [0.1, 0.15) is 11.5 Å². The van der Waals surface area contributed by atoms with E-state index < -0.39 is 22.7 Å². The minimum Gasteiger partial charge on any atom is -0.340 e. The molecule has 4 aromatic carbocycles. The number of rotatable bonds is 7. The zero-order chi connectivity index (χ0) is 25.8. The molecule has 0 fully saturated rings. The second-order valence-corrected chi connectivity index (χ2v) is 8.31. The van der Waals surface area contributed by atoms with Gasteiger partial charge in [0.2, 0.25) is 0 Å². The lowest BCUT2D eigenvalue weighted by Crippen LogP contribution is -2.31. The van der Waals surface area contributed by atoms with Crippen LogP contribution in [0.3, 0.4) is 0 Å². The molecule has 5 rings (SSSR count). The van der Waals surface area contributed by atoms with Gasteiger partial charge in [-0.3, -0.25) is 14.9 Å². The molecule has 1 N–H and O–H groups in total. The number of nitro groups is 1. The SMILES string of the molecule is O=C(NC(c1ccccc1)c1ccccc1)c1cc(-c2ccccc2F)nn1-c1cccc([N+](=O)[O-])c1. The van der Waals surface area contributed by atoms with E-state index in [1.807, 2.05) is 60.7 Å². The number of hydrogen-bond donors (Lipinski definition) is 1. The van der Waals surface area contributed by atoms with E-state index in [4.69, 9.17) is 0 Å². The molecule has 1 amide bonds. The fourth-order valence-electron chi connectivity index (χ4n) is 4.13. The van der Waals surface area contributed by atoms with Gasteiger partial charge in [0.05, 0.1) is 22.3 Å². The molecule has 0 saturated carbocycles. The summed E-state index contributed by atoms with van der Waals surface area (Å²) in [5.74, 6) is -0.969. The quantitative estimate of drug-likeness (QED) is 0.219. The predicted octanol–water partition coefficient (Wildman–Crippen LogP) is 6.11. The number of nitrogens with one attached hydrogen (secondary N) is 1. The molecule has 1 aromatic heterocycles. The monoisotopic (exact) mass is 492 g/mol. The van der Waals surface area contributed by atoms with E-state index in [1.165, 1.54) is 35.0 Å². The van der Waals surface area contributed by atoms with Crippen LogP contribution in [0.5, 0.6) is 0 Å². The van der Waals surface area contributed by atoms with Crippen molar-refractivity contribution in [1.82, 2.24) is 15.1 Å². The maximum Gasteiger partial charge on any atom is 0.271 e. The van der Waals surface area contributed by atoms with E-state index in [0.29, 0.717) is 5.69 Å². The normalized spacial score (nSPS) is 10.9. The zero-order valence-corrected chi connectivity index (χ0v) is 19.5. The molecule has 1 heterocycles. The first-order chi connectivity index (χ1) is 18.0. The summed E-state index contributed by atoms with van der Waals surface area (Å²) in [4.78, 5) is 24.6. The molecule has 182 valence electrons. The van der Waals surface area contributed by atoms with Crippen molar-refractivity contribution in [2.75, 3.05) is 0 Å². The molecule has 0 aliphatic rings. The number of halogens is 1. The zero-order valence-electron chi connectivity index (χ0n) is 19.5. The fourth-order valence-corrected chi connectivity index (χ4v) is 4.13. The van der Waals surface area contributed by atoms with Gasteiger partial charge in [0.25, 0.3) is 11.6 Å². The Morgan fingerprint density at radius 1 is 0.838 bits per heavy atom. The molecule has 0 radical (unpaired) electrons. The van der Waals surface area contributed by atoms with Crippen LogP contribution in [0.15, 0.2) is 115 Å². The van der Waals surface area contributed by atoms with E-state index in [-0.39, 0.29) is 22.6 Å². The molecule has 0 aliphatic heterocycles. The van der Waals surface area contributed by atoms with Gasteiger partial charge in [-0.25, -0.2) is 9.07 Å². The van der Waals surface area contributed by atoms with Crippen molar-refractivity contribution < 1.29 is 14.1 Å². The second-order valence-electron chi connectivity index (χ2n) is 8.31. The molecule has 0 unspecified atom stereocenters. The van der Waals surface area contributed by atoms with Crippen LogP contribution < -0.4 is 5.32 Å². The van der Waals surface area contributed by atoms with E-state index in [0.717, 1.165) is 11.1 Å². The van der Waals surface area contributed by atoms with Crippen LogP contribution in [0.1, 0.15) is 27.7 Å². The number of nitro benzene ring substituents is 1. The van der Waals surface area contributed by atoms with Crippen molar-refractivity contribution in [2.24, 2.45) is 0 Å². The van der Waals surface area contributed by atoms with Gasteiger partial charge in [-0.15, -0.1) is 0 Å². The number of carbonyl (C=O) groups is 1. The van der Waals surface area contributed by atoms with Crippen molar-refractivity contribution in [3.8, 4) is 16.9 Å². The molecule has 37 heavy (non-hydrogen) atoms. The number of amides is 1. The molecule has 0 aliphatic carbocycles. The molecule has 5 aromatic rings. The number of aromatic nitrogens is 2. The Morgan fingerprint density at radius 3 is 2.08 bits per heavy atom. The molecular formula is C29H21FN4O3. The summed E-state index contributed by atoms with van der Waals surface area (Å²) in [5, 5.41) is 18.9. The van der Waals surface area contributed by atoms with Crippen LogP contribution in [-0.4, -0.2) is 20.6 Å². The highest BCUT2D eigenvalue weighted by Gasteiger charge is 2.24. The Balaban J connectivity index is 1.61. The third-order valence-corrected chi connectivity index (χ3v) is 5.92. The minimum atomic E-state index is -0.522. The van der Waals surface area contributed by atoms with Gasteiger partial charge in [-0.1, -0.05) is 78.9 Å². The average Bonchev–Trinajstić information content (AvgIpc) is 3.38. The minimum absolute atomic E-state index is 0.107. The summed E-state index contributed by atoms with van der Waals surface area (Å²) < 4.78 is 15.9. The topological polar surface area (TPSA) is 90.1 Å². The third-order valence-electron chi connectivity index (χ3n) is 5.92. The smallest absolute Gasteiger partial charge is 0.271 e. The lowest BCUT2D eigenvalue weighted by Gasteiger charge is -2.20. The molecule has 0 atom stereocenters. The number of carbonyl (C=O) groups excluding carboxylic acids is 1. The number of non-ortho nitro benzene ring substituents is 1. The van der Waals surface area contributed by atoms with E-state index in [2.05, 4.69) is 10.4 Å². The molecule has 0 bridgehead atoms. The summed E-state index contributed by atoms with van der Waals surface area (Å²) >= 11 is 0. The molecule has 0 spiro atoms. The number of nitrogens with zero attached hydrogens (tertiary/aromatic N) is 3. The Bertz CT molecular complexity index is 1530. The van der Waals surface area contributed by atoms with Crippen LogP contribution in [0.25, 0.3) is 16.9 Å². The van der Waals surface area contributed by atoms with Crippen LogP contribution >= 0.6 is 0 Å². The van der Waals surface area contributed by atoms with Crippen LogP contribution in [0.2, 0.25) is 0 Å². The fraction of sp³-hybridized carbons (Fsp3) is 0.0345. The second kappa shape index (κ2) is 10.2. The van der Waals surface area contributed by atoms with Gasteiger partial charge < -0.3 is 5.32 Å². The molecule has 7 nitrogen and oxygen atoms in total. The Labute approximate surface area is 212 Å². The standard InChI is InChI=1S/C29H21FN4O3/c30-25-17-8-7-16-24(25)26-19-27(33(32-26)22-14-9-15-23(18-22)34(36)37)29(35)31-28(20-10-3-1-4-11-20)21-12-5-2-6-13-21/h1-19,28H,(H,31,35). The number of hydrogen-bond acceptors (Lipinski definition) is 4. The van der Waals surface area contributed by atoms with E-state index >= 15 is 0 Å². The van der Waals surface area contributed by atoms with Crippen molar-refractivity contribution in [3.63, 3.8) is 0 Å². The van der Waals surface area contributed by atoms with Crippen molar-refractivity contribution >= 4 is 11.6 Å². The summed E-state index contributed by atoms with van der Waals surface area (Å²) in [7, 11) is 0.